The number of aryl methyl sites for hydroxylation is 1. The topological polar surface area (TPSA) is 77.2 Å². The highest BCUT2D eigenvalue weighted by atomic mass is 16.5. The molecule has 22 heavy (non-hydrogen) atoms. The Morgan fingerprint density at radius 2 is 2.00 bits per heavy atom. The van der Waals surface area contributed by atoms with Gasteiger partial charge in [-0.3, -0.25) is 4.79 Å². The summed E-state index contributed by atoms with van der Waals surface area (Å²) in [6.45, 7) is 5.82. The van der Waals surface area contributed by atoms with Gasteiger partial charge in [0.05, 0.1) is 0 Å². The van der Waals surface area contributed by atoms with Crippen molar-refractivity contribution in [1.29, 1.82) is 0 Å². The molecular formula is C16H21N3O3. The Kier molecular flexibility index (Phi) is 5.52. The fraction of sp³-hybridized carbons (Fsp3) is 0.438. The van der Waals surface area contributed by atoms with Gasteiger partial charge in [0.1, 0.15) is 11.8 Å². The maximum atomic E-state index is 12.1. The Hall–Kier alpha value is -2.37. The number of carbonyl (C=O) groups is 1. The molecule has 1 atom stereocenters. The number of nitrogens with one attached hydrogen (secondary N) is 1. The Bertz CT molecular complexity index is 596. The van der Waals surface area contributed by atoms with Crippen LogP contribution in [0.1, 0.15) is 38.1 Å². The molecule has 6 nitrogen and oxygen atoms in total. The fourth-order valence-corrected chi connectivity index (χ4v) is 2.05. The van der Waals surface area contributed by atoms with Crippen LogP contribution in [0.25, 0.3) is 0 Å². The molecule has 0 bridgehead atoms. The van der Waals surface area contributed by atoms with E-state index in [-0.39, 0.29) is 18.6 Å². The highest BCUT2D eigenvalue weighted by molar-refractivity contribution is 5.77. The van der Waals surface area contributed by atoms with E-state index in [4.69, 9.17) is 9.15 Å². The summed E-state index contributed by atoms with van der Waals surface area (Å²) in [5.74, 6) is 1.74. The van der Waals surface area contributed by atoms with E-state index in [9.17, 15) is 4.79 Å². The Morgan fingerprint density at radius 3 is 2.59 bits per heavy atom. The van der Waals surface area contributed by atoms with Crippen LogP contribution in [0.15, 0.2) is 34.7 Å². The minimum absolute atomic E-state index is 0.0499. The predicted octanol–water partition coefficient (Wildman–Crippen LogP) is 2.66. The van der Waals surface area contributed by atoms with Crippen molar-refractivity contribution >= 4 is 5.91 Å². The standard InChI is InChI=1S/C16H21N3O3/c1-11(2)9-14(16-19-18-12(3)22-16)17-15(20)10-21-13-7-5-4-6-8-13/h4-8,11,14H,9-10H2,1-3H3,(H,17,20). The summed E-state index contributed by atoms with van der Waals surface area (Å²) < 4.78 is 10.9. The van der Waals surface area contributed by atoms with Crippen molar-refractivity contribution in [3.05, 3.63) is 42.1 Å². The van der Waals surface area contributed by atoms with Crippen LogP contribution in [0.3, 0.4) is 0 Å². The zero-order valence-electron chi connectivity index (χ0n) is 13.1. The first-order chi connectivity index (χ1) is 10.5. The second-order valence-corrected chi connectivity index (χ2v) is 5.51. The highest BCUT2D eigenvalue weighted by Gasteiger charge is 2.21. The number of benzene rings is 1. The number of nitrogens with zero attached hydrogens (tertiary/aromatic N) is 2. The molecule has 1 aromatic carbocycles. The Balaban J connectivity index is 1.93. The van der Waals surface area contributed by atoms with Crippen LogP contribution < -0.4 is 10.1 Å². The monoisotopic (exact) mass is 303 g/mol. The second-order valence-electron chi connectivity index (χ2n) is 5.51. The molecule has 118 valence electrons. The molecule has 1 amide bonds. The lowest BCUT2D eigenvalue weighted by atomic mass is 10.0. The van der Waals surface area contributed by atoms with E-state index < -0.39 is 0 Å². The van der Waals surface area contributed by atoms with Crippen LogP contribution in [0.2, 0.25) is 0 Å². The van der Waals surface area contributed by atoms with Crippen molar-refractivity contribution < 1.29 is 13.9 Å². The van der Waals surface area contributed by atoms with Gasteiger partial charge in [0, 0.05) is 6.92 Å². The molecule has 6 heteroatoms. The third-order valence-corrected chi connectivity index (χ3v) is 3.00. The molecule has 0 saturated carbocycles. The molecule has 1 unspecified atom stereocenters. The lowest BCUT2D eigenvalue weighted by molar-refractivity contribution is -0.124. The zero-order chi connectivity index (χ0) is 15.9. The zero-order valence-corrected chi connectivity index (χ0v) is 13.1. The van der Waals surface area contributed by atoms with Crippen molar-refractivity contribution in [2.75, 3.05) is 6.61 Å². The molecule has 0 aliphatic heterocycles. The number of para-hydroxylation sites is 1. The summed E-state index contributed by atoms with van der Waals surface area (Å²) in [4.78, 5) is 12.1. The molecule has 0 saturated heterocycles. The van der Waals surface area contributed by atoms with E-state index in [2.05, 4.69) is 29.4 Å². The van der Waals surface area contributed by atoms with E-state index in [0.29, 0.717) is 23.4 Å². The first-order valence-corrected chi connectivity index (χ1v) is 7.32. The Morgan fingerprint density at radius 1 is 1.27 bits per heavy atom. The van der Waals surface area contributed by atoms with Gasteiger partial charge in [0.15, 0.2) is 6.61 Å². The molecule has 0 fully saturated rings. The van der Waals surface area contributed by atoms with Gasteiger partial charge >= 0.3 is 0 Å². The predicted molar refractivity (Wildman–Crippen MR) is 81.3 cm³/mol. The average molecular weight is 303 g/mol. The van der Waals surface area contributed by atoms with Crippen molar-refractivity contribution in [2.24, 2.45) is 5.92 Å². The van der Waals surface area contributed by atoms with E-state index >= 15 is 0 Å². The van der Waals surface area contributed by atoms with Crippen LogP contribution >= 0.6 is 0 Å². The van der Waals surface area contributed by atoms with E-state index in [1.54, 1.807) is 19.1 Å². The molecular weight excluding hydrogens is 282 g/mol. The summed E-state index contributed by atoms with van der Waals surface area (Å²) >= 11 is 0. The summed E-state index contributed by atoms with van der Waals surface area (Å²) in [5.41, 5.74) is 0. The van der Waals surface area contributed by atoms with Crippen molar-refractivity contribution in [3.63, 3.8) is 0 Å². The van der Waals surface area contributed by atoms with Gasteiger partial charge in [-0.05, 0) is 24.5 Å². The lowest BCUT2D eigenvalue weighted by Gasteiger charge is -2.17. The second kappa shape index (κ2) is 7.59. The quantitative estimate of drug-likeness (QED) is 0.851. The summed E-state index contributed by atoms with van der Waals surface area (Å²) in [6.07, 6.45) is 0.721. The average Bonchev–Trinajstić information content (AvgIpc) is 2.92. The van der Waals surface area contributed by atoms with Crippen LogP contribution in [-0.2, 0) is 4.79 Å². The highest BCUT2D eigenvalue weighted by Crippen LogP contribution is 2.20. The van der Waals surface area contributed by atoms with Crippen LogP contribution in [0.4, 0.5) is 0 Å². The smallest absolute Gasteiger partial charge is 0.258 e. The molecule has 0 aliphatic rings. The number of amides is 1. The molecule has 2 aromatic rings. The fourth-order valence-electron chi connectivity index (χ4n) is 2.05. The summed E-state index contributed by atoms with van der Waals surface area (Å²) in [6, 6.07) is 8.92. The van der Waals surface area contributed by atoms with Gasteiger partial charge in [-0.2, -0.15) is 0 Å². The summed E-state index contributed by atoms with van der Waals surface area (Å²) in [5, 5.41) is 10.7. The van der Waals surface area contributed by atoms with Crippen LogP contribution in [0, 0.1) is 12.8 Å². The van der Waals surface area contributed by atoms with Gasteiger partial charge in [-0.1, -0.05) is 32.0 Å². The van der Waals surface area contributed by atoms with Crippen LogP contribution in [0.5, 0.6) is 5.75 Å². The van der Waals surface area contributed by atoms with Gasteiger partial charge in [-0.25, -0.2) is 0 Å². The summed E-state index contributed by atoms with van der Waals surface area (Å²) in [7, 11) is 0. The lowest BCUT2D eigenvalue weighted by Crippen LogP contribution is -2.33. The largest absolute Gasteiger partial charge is 0.484 e. The maximum Gasteiger partial charge on any atom is 0.258 e. The number of hydrogen-bond acceptors (Lipinski definition) is 5. The van der Waals surface area contributed by atoms with Gasteiger partial charge in [0.25, 0.3) is 5.91 Å². The normalized spacial score (nSPS) is 12.2. The van der Waals surface area contributed by atoms with E-state index in [1.807, 2.05) is 18.2 Å². The molecule has 1 heterocycles. The molecule has 1 aromatic heterocycles. The first-order valence-electron chi connectivity index (χ1n) is 7.32. The molecule has 0 spiro atoms. The minimum Gasteiger partial charge on any atom is -0.484 e. The van der Waals surface area contributed by atoms with Crippen molar-refractivity contribution in [2.45, 2.75) is 33.2 Å². The van der Waals surface area contributed by atoms with Gasteiger partial charge < -0.3 is 14.5 Å². The first kappa shape index (κ1) is 16.0. The molecule has 0 aliphatic carbocycles. The number of aromatic nitrogens is 2. The van der Waals surface area contributed by atoms with Crippen molar-refractivity contribution in [3.8, 4) is 5.75 Å². The third-order valence-electron chi connectivity index (χ3n) is 3.00. The van der Waals surface area contributed by atoms with Crippen LogP contribution in [-0.4, -0.2) is 22.7 Å². The molecule has 2 rings (SSSR count). The minimum atomic E-state index is -0.298. The number of hydrogen-bond donors (Lipinski definition) is 1. The SMILES string of the molecule is Cc1nnc(C(CC(C)C)NC(=O)COc2ccccc2)o1. The number of carbonyl (C=O) groups excluding carboxylic acids is 1. The van der Waals surface area contributed by atoms with E-state index in [1.165, 1.54) is 0 Å². The Labute approximate surface area is 129 Å². The van der Waals surface area contributed by atoms with E-state index in [0.717, 1.165) is 6.42 Å². The number of rotatable bonds is 7. The number of ether oxygens (including phenoxy) is 1. The maximum absolute atomic E-state index is 12.1. The van der Waals surface area contributed by atoms with Crippen molar-refractivity contribution in [1.82, 2.24) is 15.5 Å². The van der Waals surface area contributed by atoms with Gasteiger partial charge in [-0.15, -0.1) is 10.2 Å². The molecule has 1 N–H and O–H groups in total. The van der Waals surface area contributed by atoms with Gasteiger partial charge in [0.2, 0.25) is 11.8 Å². The third kappa shape index (κ3) is 4.87. The molecule has 0 radical (unpaired) electrons.